The second kappa shape index (κ2) is 10.7. The first-order valence-electron chi connectivity index (χ1n) is 9.44. The maximum atomic E-state index is 11.6. The molecule has 0 heterocycles. The molecule has 0 radical (unpaired) electrons. The number of likely N-dealkylation sites (N-methyl/N-ethyl adjacent to an activating group) is 1. The molecule has 0 aliphatic heterocycles. The second-order valence-electron chi connectivity index (χ2n) is 7.70. The van der Waals surface area contributed by atoms with Crippen molar-refractivity contribution in [1.29, 1.82) is 0 Å². The van der Waals surface area contributed by atoms with Gasteiger partial charge >= 0.3 is 5.97 Å². The fourth-order valence-electron chi connectivity index (χ4n) is 3.12. The molecule has 1 amide bonds. The molecule has 0 aromatic heterocycles. The van der Waals surface area contributed by atoms with E-state index in [1.165, 1.54) is 43.5 Å². The van der Waals surface area contributed by atoms with E-state index in [-0.39, 0.29) is 17.9 Å². The Hall–Kier alpha value is -2.36. The number of carbonyl (C=O) groups excluding carboxylic acids is 2. The fourth-order valence-corrected chi connectivity index (χ4v) is 3.12. The first-order chi connectivity index (χ1) is 12.7. The van der Waals surface area contributed by atoms with Crippen molar-refractivity contribution in [3.8, 4) is 0 Å². The maximum absolute atomic E-state index is 11.6. The molecule has 1 aliphatic rings. The van der Waals surface area contributed by atoms with Crippen molar-refractivity contribution in [2.45, 2.75) is 53.9 Å². The van der Waals surface area contributed by atoms with Gasteiger partial charge in [-0.1, -0.05) is 55.4 Å². The van der Waals surface area contributed by atoms with Crippen LogP contribution in [0, 0.1) is 5.41 Å². The number of hydrogen-bond acceptors (Lipinski definition) is 3. The van der Waals surface area contributed by atoms with Crippen LogP contribution in [0.2, 0.25) is 0 Å². The largest absolute Gasteiger partial charge is 0.452 e. The van der Waals surface area contributed by atoms with Crippen molar-refractivity contribution in [1.82, 2.24) is 5.32 Å². The number of amides is 1. The van der Waals surface area contributed by atoms with Crippen LogP contribution in [-0.4, -0.2) is 25.5 Å². The van der Waals surface area contributed by atoms with Gasteiger partial charge in [0, 0.05) is 13.1 Å². The molecule has 0 aromatic rings. The predicted octanol–water partition coefficient (Wildman–Crippen LogP) is 4.81. The molecule has 1 rings (SSSR count). The molecule has 4 heteroatoms. The molecule has 1 N–H and O–H groups in total. The monoisotopic (exact) mass is 371 g/mol. The van der Waals surface area contributed by atoms with Gasteiger partial charge in [-0.25, -0.2) is 4.79 Å². The molecule has 0 spiro atoms. The Morgan fingerprint density at radius 2 is 1.89 bits per heavy atom. The number of rotatable bonds is 7. The van der Waals surface area contributed by atoms with Crippen LogP contribution in [0.4, 0.5) is 0 Å². The lowest BCUT2D eigenvalue weighted by molar-refractivity contribution is -0.143. The molecule has 0 unspecified atom stereocenters. The number of carbonyl (C=O) groups is 2. The number of nitrogens with one attached hydrogen (secondary N) is 1. The Morgan fingerprint density at radius 3 is 2.52 bits per heavy atom. The Kier molecular flexibility index (Phi) is 8.99. The minimum absolute atomic E-state index is 0.239. The van der Waals surface area contributed by atoms with E-state index in [2.05, 4.69) is 45.2 Å². The molecule has 1 aliphatic carbocycles. The molecule has 0 aromatic carbocycles. The molecular weight excluding hydrogens is 338 g/mol. The van der Waals surface area contributed by atoms with Gasteiger partial charge in [-0.05, 0) is 56.6 Å². The van der Waals surface area contributed by atoms with Gasteiger partial charge in [-0.15, -0.1) is 0 Å². The van der Waals surface area contributed by atoms with Gasteiger partial charge in [0.2, 0.25) is 0 Å². The predicted molar refractivity (Wildman–Crippen MR) is 111 cm³/mol. The van der Waals surface area contributed by atoms with Crippen molar-refractivity contribution < 1.29 is 14.3 Å². The Labute approximate surface area is 163 Å². The summed E-state index contributed by atoms with van der Waals surface area (Å²) >= 11 is 0. The Morgan fingerprint density at radius 1 is 1.19 bits per heavy atom. The van der Waals surface area contributed by atoms with Crippen LogP contribution in [0.5, 0.6) is 0 Å². The topological polar surface area (TPSA) is 55.4 Å². The van der Waals surface area contributed by atoms with Crippen LogP contribution >= 0.6 is 0 Å². The lowest BCUT2D eigenvalue weighted by Crippen LogP contribution is -2.24. The minimum Gasteiger partial charge on any atom is -0.452 e. The van der Waals surface area contributed by atoms with E-state index >= 15 is 0 Å². The van der Waals surface area contributed by atoms with E-state index in [0.717, 1.165) is 11.1 Å². The molecular formula is C23H33NO3. The van der Waals surface area contributed by atoms with Crippen molar-refractivity contribution in [2.24, 2.45) is 5.41 Å². The van der Waals surface area contributed by atoms with Crippen molar-refractivity contribution in [2.75, 3.05) is 13.7 Å². The molecule has 0 fully saturated rings. The summed E-state index contributed by atoms with van der Waals surface area (Å²) in [4.78, 5) is 22.6. The van der Waals surface area contributed by atoms with Crippen LogP contribution in [-0.2, 0) is 14.3 Å². The SMILES string of the molecule is CNC(=O)COC(=O)\C=C(C)/C=C/C=C(C)\C=C\C1=C(C)CCCC1(C)C. The number of hydrogen-bond donors (Lipinski definition) is 1. The molecule has 4 nitrogen and oxygen atoms in total. The molecule has 148 valence electrons. The van der Waals surface area contributed by atoms with Gasteiger partial charge in [-0.3, -0.25) is 4.79 Å². The number of allylic oxidation sites excluding steroid dienone is 9. The van der Waals surface area contributed by atoms with Gasteiger partial charge in [0.05, 0.1) is 0 Å². The van der Waals surface area contributed by atoms with E-state index in [1.54, 1.807) is 0 Å². The lowest BCUT2D eigenvalue weighted by Gasteiger charge is -2.32. The highest BCUT2D eigenvalue weighted by molar-refractivity contribution is 5.86. The van der Waals surface area contributed by atoms with Crippen LogP contribution in [0.15, 0.2) is 58.7 Å². The van der Waals surface area contributed by atoms with Crippen LogP contribution in [0.25, 0.3) is 0 Å². The van der Waals surface area contributed by atoms with Crippen molar-refractivity contribution >= 4 is 11.9 Å². The zero-order valence-corrected chi connectivity index (χ0v) is 17.5. The van der Waals surface area contributed by atoms with Crippen LogP contribution in [0.1, 0.15) is 53.9 Å². The fraction of sp³-hybridized carbons (Fsp3) is 0.478. The third kappa shape index (κ3) is 8.25. The van der Waals surface area contributed by atoms with Crippen molar-refractivity contribution in [3.63, 3.8) is 0 Å². The quantitative estimate of drug-likeness (QED) is 0.397. The third-order valence-electron chi connectivity index (χ3n) is 4.74. The summed E-state index contributed by atoms with van der Waals surface area (Å²) in [6, 6.07) is 0. The summed E-state index contributed by atoms with van der Waals surface area (Å²) in [7, 11) is 1.50. The van der Waals surface area contributed by atoms with Gasteiger partial charge in [0.15, 0.2) is 6.61 Å². The zero-order valence-electron chi connectivity index (χ0n) is 17.5. The number of ether oxygens (including phenoxy) is 1. The number of esters is 1. The summed E-state index contributed by atoms with van der Waals surface area (Å²) in [6.07, 6.45) is 15.2. The summed E-state index contributed by atoms with van der Waals surface area (Å²) in [5.41, 5.74) is 5.07. The summed E-state index contributed by atoms with van der Waals surface area (Å²) in [5, 5.41) is 2.40. The second-order valence-corrected chi connectivity index (χ2v) is 7.70. The first-order valence-corrected chi connectivity index (χ1v) is 9.44. The molecule has 0 bridgehead atoms. The smallest absolute Gasteiger partial charge is 0.331 e. The molecule has 0 atom stereocenters. The van der Waals surface area contributed by atoms with Gasteiger partial charge in [-0.2, -0.15) is 0 Å². The van der Waals surface area contributed by atoms with Crippen molar-refractivity contribution in [3.05, 3.63) is 58.7 Å². The van der Waals surface area contributed by atoms with Crippen LogP contribution in [0.3, 0.4) is 0 Å². The first kappa shape index (κ1) is 22.7. The standard InChI is InChI=1S/C23H33NO3/c1-17(12-13-20-19(3)11-8-14-23(20,4)5)9-7-10-18(2)15-22(26)27-16-21(25)24-6/h7,9-10,12-13,15H,8,11,14,16H2,1-6H3,(H,24,25)/b10-7+,13-12+,17-9-,18-15-. The van der Waals surface area contributed by atoms with E-state index in [9.17, 15) is 9.59 Å². The van der Waals surface area contributed by atoms with Gasteiger partial charge in [0.1, 0.15) is 0 Å². The minimum atomic E-state index is -0.525. The highest BCUT2D eigenvalue weighted by atomic mass is 16.5. The normalized spacial score (nSPS) is 18.3. The molecule has 0 saturated heterocycles. The third-order valence-corrected chi connectivity index (χ3v) is 4.74. The average Bonchev–Trinajstić information content (AvgIpc) is 2.58. The maximum Gasteiger partial charge on any atom is 0.331 e. The lowest BCUT2D eigenvalue weighted by atomic mass is 9.72. The van der Waals surface area contributed by atoms with E-state index in [1.807, 2.05) is 25.2 Å². The molecule has 0 saturated carbocycles. The summed E-state index contributed by atoms with van der Waals surface area (Å²) < 4.78 is 4.84. The average molecular weight is 372 g/mol. The highest BCUT2D eigenvalue weighted by Crippen LogP contribution is 2.40. The van der Waals surface area contributed by atoms with E-state index in [0.29, 0.717) is 0 Å². The van der Waals surface area contributed by atoms with E-state index < -0.39 is 5.97 Å². The zero-order chi connectivity index (χ0) is 20.4. The van der Waals surface area contributed by atoms with Gasteiger partial charge < -0.3 is 10.1 Å². The highest BCUT2D eigenvalue weighted by Gasteiger charge is 2.26. The van der Waals surface area contributed by atoms with E-state index in [4.69, 9.17) is 4.74 Å². The summed E-state index contributed by atoms with van der Waals surface area (Å²) in [6.45, 7) is 10.5. The van der Waals surface area contributed by atoms with Crippen LogP contribution < -0.4 is 5.32 Å². The van der Waals surface area contributed by atoms with Gasteiger partial charge in [0.25, 0.3) is 5.91 Å². The molecule has 27 heavy (non-hydrogen) atoms. The summed E-state index contributed by atoms with van der Waals surface area (Å²) in [5.74, 6) is -0.856. The Bertz CT molecular complexity index is 703. The Balaban J connectivity index is 2.66.